The molecule has 0 aromatic rings. The van der Waals surface area contributed by atoms with E-state index in [2.05, 4.69) is 11.4 Å². The SMILES string of the molecule is CCCCCCCCCCCCOP([O-])[O-].[Na+].[Na+]. The summed E-state index contributed by atoms with van der Waals surface area (Å²) in [7, 11) is -2.64. The van der Waals surface area contributed by atoms with Gasteiger partial charge < -0.3 is 14.3 Å². The minimum Gasteiger partial charge on any atom is -0.820 e. The summed E-state index contributed by atoms with van der Waals surface area (Å²) in [6.45, 7) is 2.59. The van der Waals surface area contributed by atoms with Crippen molar-refractivity contribution < 1.29 is 73.4 Å². The van der Waals surface area contributed by atoms with E-state index in [4.69, 9.17) is 0 Å². The zero-order chi connectivity index (χ0) is 12.1. The van der Waals surface area contributed by atoms with Crippen molar-refractivity contribution in [1.82, 2.24) is 0 Å². The smallest absolute Gasteiger partial charge is 0.820 e. The van der Waals surface area contributed by atoms with Gasteiger partial charge in [-0.15, -0.1) is 0 Å². The number of hydrogen-bond acceptors (Lipinski definition) is 3. The van der Waals surface area contributed by atoms with Crippen molar-refractivity contribution in [3.63, 3.8) is 0 Å². The zero-order valence-corrected chi connectivity index (χ0v) is 17.3. The van der Waals surface area contributed by atoms with Gasteiger partial charge in [-0.25, -0.2) is 0 Å². The predicted octanol–water partition coefficient (Wildman–Crippen LogP) is -3.12. The molecule has 0 unspecified atom stereocenters. The Morgan fingerprint density at radius 3 is 1.50 bits per heavy atom. The van der Waals surface area contributed by atoms with E-state index in [1.54, 1.807) is 0 Å². The zero-order valence-electron chi connectivity index (χ0n) is 12.5. The van der Waals surface area contributed by atoms with Crippen LogP contribution in [0, 0.1) is 0 Å². The molecule has 0 aliphatic carbocycles. The minimum atomic E-state index is -2.64. The second-order valence-corrected chi connectivity index (χ2v) is 4.94. The Hall–Kier alpha value is 2.31. The van der Waals surface area contributed by atoms with E-state index < -0.39 is 8.60 Å². The van der Waals surface area contributed by atoms with Crippen LogP contribution in [0.1, 0.15) is 71.1 Å². The molecule has 0 aliphatic heterocycles. The number of unbranched alkanes of at least 4 members (excludes halogenated alkanes) is 9. The molecule has 0 fully saturated rings. The van der Waals surface area contributed by atoms with Crippen molar-refractivity contribution in [2.24, 2.45) is 0 Å². The van der Waals surface area contributed by atoms with Crippen molar-refractivity contribution in [3.05, 3.63) is 0 Å². The molecule has 0 rings (SSSR count). The van der Waals surface area contributed by atoms with Crippen molar-refractivity contribution in [1.29, 1.82) is 0 Å². The number of hydrogen-bond donors (Lipinski definition) is 0. The minimum absolute atomic E-state index is 0. The van der Waals surface area contributed by atoms with Crippen LogP contribution in [0.15, 0.2) is 0 Å². The average Bonchev–Trinajstić information content (AvgIpc) is 2.25. The van der Waals surface area contributed by atoms with Gasteiger partial charge in [-0.1, -0.05) is 64.7 Å². The van der Waals surface area contributed by atoms with E-state index in [0.717, 1.165) is 12.8 Å². The Labute approximate surface area is 158 Å². The fraction of sp³-hybridized carbons (Fsp3) is 1.00. The van der Waals surface area contributed by atoms with Crippen LogP contribution in [0.4, 0.5) is 0 Å². The molecule has 0 heterocycles. The second kappa shape index (κ2) is 21.6. The van der Waals surface area contributed by atoms with E-state index in [-0.39, 0.29) is 59.1 Å². The van der Waals surface area contributed by atoms with Gasteiger partial charge in [0.1, 0.15) is 0 Å². The summed E-state index contributed by atoms with van der Waals surface area (Å²) < 4.78 is 4.47. The van der Waals surface area contributed by atoms with Crippen LogP contribution in [-0.4, -0.2) is 6.61 Å². The Morgan fingerprint density at radius 2 is 1.11 bits per heavy atom. The van der Waals surface area contributed by atoms with Gasteiger partial charge in [-0.3, -0.25) is 0 Å². The summed E-state index contributed by atoms with van der Waals surface area (Å²) in [5, 5.41) is 0. The third-order valence-electron chi connectivity index (χ3n) is 2.69. The van der Waals surface area contributed by atoms with E-state index in [1.807, 2.05) is 0 Å². The van der Waals surface area contributed by atoms with Gasteiger partial charge in [0.2, 0.25) is 0 Å². The molecule has 0 aliphatic rings. The predicted molar refractivity (Wildman–Crippen MR) is 64.7 cm³/mol. The maximum absolute atomic E-state index is 10.1. The third kappa shape index (κ3) is 23.4. The standard InChI is InChI=1S/C12H25O3P.2Na/c1-2-3-4-5-6-7-8-9-10-11-12-15-16(13)14;;/h2-12H2,1H3;;/q-2;2*+1. The summed E-state index contributed by atoms with van der Waals surface area (Å²) in [4.78, 5) is 20.1. The van der Waals surface area contributed by atoms with Gasteiger partial charge in [0.05, 0.1) is 0 Å². The first kappa shape index (κ1) is 25.3. The van der Waals surface area contributed by atoms with E-state index in [1.165, 1.54) is 51.4 Å². The molecule has 0 atom stereocenters. The number of rotatable bonds is 12. The second-order valence-electron chi connectivity index (χ2n) is 4.24. The molecule has 0 saturated heterocycles. The van der Waals surface area contributed by atoms with Gasteiger partial charge in [-0.2, -0.15) is 8.60 Å². The van der Waals surface area contributed by atoms with Gasteiger partial charge in [0.25, 0.3) is 0 Å². The first-order chi connectivity index (χ1) is 7.77. The molecule has 0 amide bonds. The molecule has 0 spiro atoms. The Bertz CT molecular complexity index is 140. The molecule has 3 nitrogen and oxygen atoms in total. The van der Waals surface area contributed by atoms with E-state index in [9.17, 15) is 9.79 Å². The first-order valence-corrected chi connectivity index (χ1v) is 7.64. The van der Waals surface area contributed by atoms with Crippen LogP contribution in [0.25, 0.3) is 0 Å². The molecule has 0 aromatic heterocycles. The van der Waals surface area contributed by atoms with Crippen LogP contribution >= 0.6 is 8.60 Å². The van der Waals surface area contributed by atoms with Gasteiger partial charge in [0, 0.05) is 6.61 Å². The van der Waals surface area contributed by atoms with Crippen LogP contribution < -0.4 is 68.9 Å². The summed E-state index contributed by atoms with van der Waals surface area (Å²) in [5.41, 5.74) is 0. The van der Waals surface area contributed by atoms with Gasteiger partial charge in [-0.05, 0) is 6.42 Å². The summed E-state index contributed by atoms with van der Waals surface area (Å²) >= 11 is 0. The van der Waals surface area contributed by atoms with Crippen LogP contribution in [-0.2, 0) is 4.52 Å². The molecular weight excluding hydrogens is 269 g/mol. The Morgan fingerprint density at radius 1 is 0.722 bits per heavy atom. The van der Waals surface area contributed by atoms with Crippen molar-refractivity contribution in [2.45, 2.75) is 71.1 Å². The quantitative estimate of drug-likeness (QED) is 0.217. The summed E-state index contributed by atoms with van der Waals surface area (Å²) in [6.07, 6.45) is 12.5. The Balaban J connectivity index is -0.00000112. The molecule has 98 valence electrons. The van der Waals surface area contributed by atoms with Gasteiger partial charge >= 0.3 is 59.1 Å². The largest absolute Gasteiger partial charge is 1.00 e. The van der Waals surface area contributed by atoms with Crippen LogP contribution in [0.2, 0.25) is 0 Å². The van der Waals surface area contributed by atoms with E-state index >= 15 is 0 Å². The van der Waals surface area contributed by atoms with Crippen LogP contribution in [0.3, 0.4) is 0 Å². The molecular formula is C12H25Na2O3P. The summed E-state index contributed by atoms with van der Waals surface area (Å²) in [6, 6.07) is 0. The topological polar surface area (TPSA) is 55.3 Å². The molecule has 0 N–H and O–H groups in total. The molecule has 0 saturated carbocycles. The molecule has 6 heteroatoms. The Kier molecular flexibility index (Phi) is 30.3. The fourth-order valence-corrected chi connectivity index (χ4v) is 2.01. The third-order valence-corrected chi connectivity index (χ3v) is 3.09. The van der Waals surface area contributed by atoms with Crippen LogP contribution in [0.5, 0.6) is 0 Å². The average molecular weight is 294 g/mol. The van der Waals surface area contributed by atoms with Crippen molar-refractivity contribution in [3.8, 4) is 0 Å². The maximum Gasteiger partial charge on any atom is 1.00 e. The monoisotopic (exact) mass is 294 g/mol. The fourth-order valence-electron chi connectivity index (χ4n) is 1.73. The van der Waals surface area contributed by atoms with Gasteiger partial charge in [0.15, 0.2) is 0 Å². The van der Waals surface area contributed by atoms with Crippen molar-refractivity contribution in [2.75, 3.05) is 6.61 Å². The van der Waals surface area contributed by atoms with Crippen molar-refractivity contribution >= 4 is 8.60 Å². The molecule has 0 bridgehead atoms. The van der Waals surface area contributed by atoms with E-state index in [0.29, 0.717) is 6.61 Å². The maximum atomic E-state index is 10.1. The normalized spacial score (nSPS) is 10.0. The summed E-state index contributed by atoms with van der Waals surface area (Å²) in [5.74, 6) is 0. The first-order valence-electron chi connectivity index (χ1n) is 6.54. The molecule has 0 radical (unpaired) electrons. The molecule has 18 heavy (non-hydrogen) atoms. The molecule has 0 aromatic carbocycles.